The number of nitrogens with two attached hydrogens (primary N) is 1. The number of nitrogens with zero attached hydrogens (tertiary/aromatic N) is 1. The van der Waals surface area contributed by atoms with E-state index in [0.29, 0.717) is 13.0 Å². The van der Waals surface area contributed by atoms with Gasteiger partial charge in [0.15, 0.2) is 0 Å². The van der Waals surface area contributed by atoms with Crippen LogP contribution in [0.4, 0.5) is 0 Å². The van der Waals surface area contributed by atoms with Crippen molar-refractivity contribution in [1.29, 1.82) is 0 Å². The summed E-state index contributed by atoms with van der Waals surface area (Å²) in [4.78, 5) is 15.1. The molecule has 0 aromatic heterocycles. The van der Waals surface area contributed by atoms with Crippen LogP contribution in [0.3, 0.4) is 0 Å². The number of rotatable bonds is 3. The fourth-order valence-electron chi connectivity index (χ4n) is 4.40. The van der Waals surface area contributed by atoms with Crippen molar-refractivity contribution < 1.29 is 14.3 Å². The third-order valence-corrected chi connectivity index (χ3v) is 6.49. The van der Waals surface area contributed by atoms with Crippen molar-refractivity contribution in [2.75, 3.05) is 32.9 Å². The van der Waals surface area contributed by atoms with Crippen LogP contribution in [0.15, 0.2) is 0 Å². The average molecular weight is 347 g/mol. The van der Waals surface area contributed by atoms with E-state index in [2.05, 4.69) is 13.8 Å². The Morgan fingerprint density at radius 3 is 2.52 bits per heavy atom. The van der Waals surface area contributed by atoms with Gasteiger partial charge in [0.1, 0.15) is 5.54 Å². The van der Waals surface area contributed by atoms with Crippen LogP contribution in [0.5, 0.6) is 0 Å². The van der Waals surface area contributed by atoms with E-state index in [1.807, 2.05) is 11.8 Å². The quantitative estimate of drug-likeness (QED) is 0.848. The number of hydrogen-bond acceptors (Lipinski definition) is 4. The predicted molar refractivity (Wildman–Crippen MR) is 91.7 cm³/mol. The summed E-state index contributed by atoms with van der Waals surface area (Å²) < 4.78 is 11.2. The van der Waals surface area contributed by atoms with Crippen LogP contribution in [0, 0.1) is 10.8 Å². The number of hydrogen-bond donors (Lipinski definition) is 1. The molecular weight excluding hydrogens is 316 g/mol. The van der Waals surface area contributed by atoms with Gasteiger partial charge in [-0.25, -0.2) is 0 Å². The standard InChI is InChI=1S/C17H30N2O3.ClH/c1-4-22-13-11-17(18,15(13,2)3)14(20)19-8-5-16(12-19)6-9-21-10-7-16;/h13H,4-12,18H2,1-3H3;1H. The van der Waals surface area contributed by atoms with Crippen LogP contribution in [0.1, 0.15) is 46.5 Å². The van der Waals surface area contributed by atoms with Crippen molar-refractivity contribution in [3.05, 3.63) is 0 Å². The summed E-state index contributed by atoms with van der Waals surface area (Å²) in [6.45, 7) is 10.1. The van der Waals surface area contributed by atoms with E-state index in [-0.39, 0.29) is 35.2 Å². The van der Waals surface area contributed by atoms with E-state index in [1.54, 1.807) is 0 Å². The molecule has 3 aliphatic rings. The van der Waals surface area contributed by atoms with Crippen LogP contribution in [-0.4, -0.2) is 55.4 Å². The van der Waals surface area contributed by atoms with E-state index in [0.717, 1.165) is 45.6 Å². The lowest BCUT2D eigenvalue weighted by Gasteiger charge is -2.58. The molecule has 1 aliphatic carbocycles. The van der Waals surface area contributed by atoms with Gasteiger partial charge in [0.25, 0.3) is 0 Å². The second kappa shape index (κ2) is 6.51. The lowest BCUT2D eigenvalue weighted by atomic mass is 9.54. The molecule has 1 amide bonds. The van der Waals surface area contributed by atoms with Gasteiger partial charge < -0.3 is 20.1 Å². The average Bonchev–Trinajstić information content (AvgIpc) is 2.90. The van der Waals surface area contributed by atoms with Crippen molar-refractivity contribution in [2.45, 2.75) is 58.1 Å². The Labute approximate surface area is 145 Å². The first kappa shape index (κ1) is 19.0. The first-order valence-electron chi connectivity index (χ1n) is 8.62. The highest BCUT2D eigenvalue weighted by atomic mass is 35.5. The van der Waals surface area contributed by atoms with Gasteiger partial charge in [0.2, 0.25) is 5.91 Å². The Morgan fingerprint density at radius 2 is 1.96 bits per heavy atom. The molecule has 1 saturated carbocycles. The molecule has 0 aromatic carbocycles. The molecule has 23 heavy (non-hydrogen) atoms. The number of halogens is 1. The van der Waals surface area contributed by atoms with Crippen molar-refractivity contribution in [3.8, 4) is 0 Å². The fraction of sp³-hybridized carbons (Fsp3) is 0.941. The molecule has 2 aliphatic heterocycles. The molecular formula is C17H31ClN2O3. The van der Waals surface area contributed by atoms with Gasteiger partial charge in [-0.05, 0) is 31.6 Å². The second-order valence-electron chi connectivity index (χ2n) is 7.93. The first-order chi connectivity index (χ1) is 10.3. The molecule has 0 radical (unpaired) electrons. The maximum atomic E-state index is 13.1. The SMILES string of the molecule is CCOC1CC(N)(C(=O)N2CCC3(CCOCC3)C2)C1(C)C.Cl. The third-order valence-electron chi connectivity index (χ3n) is 6.49. The van der Waals surface area contributed by atoms with Gasteiger partial charge in [0, 0.05) is 44.7 Å². The first-order valence-corrected chi connectivity index (χ1v) is 8.62. The summed E-state index contributed by atoms with van der Waals surface area (Å²) >= 11 is 0. The van der Waals surface area contributed by atoms with Gasteiger partial charge in [-0.15, -0.1) is 12.4 Å². The molecule has 2 heterocycles. The molecule has 3 fully saturated rings. The van der Waals surface area contributed by atoms with Gasteiger partial charge in [-0.3, -0.25) is 4.79 Å². The lowest BCUT2D eigenvalue weighted by molar-refractivity contribution is -0.179. The molecule has 0 bridgehead atoms. The largest absolute Gasteiger partial charge is 0.381 e. The molecule has 3 rings (SSSR count). The van der Waals surface area contributed by atoms with Crippen LogP contribution < -0.4 is 5.73 Å². The molecule has 5 nitrogen and oxygen atoms in total. The Bertz CT molecular complexity index is 451. The third kappa shape index (κ3) is 2.90. The zero-order valence-electron chi connectivity index (χ0n) is 14.6. The maximum absolute atomic E-state index is 13.1. The zero-order chi connectivity index (χ0) is 16.0. The number of ether oxygens (including phenoxy) is 2. The van der Waals surface area contributed by atoms with Crippen LogP contribution in [0.2, 0.25) is 0 Å². The van der Waals surface area contributed by atoms with Crippen molar-refractivity contribution in [3.63, 3.8) is 0 Å². The van der Waals surface area contributed by atoms with E-state index in [4.69, 9.17) is 15.2 Å². The predicted octanol–water partition coefficient (Wildman–Crippen LogP) is 1.97. The molecule has 0 aromatic rings. The minimum absolute atomic E-state index is 0. The minimum Gasteiger partial charge on any atom is -0.381 e. The van der Waals surface area contributed by atoms with Crippen molar-refractivity contribution >= 4 is 18.3 Å². The van der Waals surface area contributed by atoms with Gasteiger partial charge in [-0.1, -0.05) is 13.8 Å². The Kier molecular flexibility index (Phi) is 5.37. The fourth-order valence-corrected chi connectivity index (χ4v) is 4.40. The summed E-state index contributed by atoms with van der Waals surface area (Å²) in [5.41, 5.74) is 5.75. The van der Waals surface area contributed by atoms with Gasteiger partial charge in [-0.2, -0.15) is 0 Å². The van der Waals surface area contributed by atoms with E-state index in [9.17, 15) is 4.79 Å². The number of likely N-dealkylation sites (tertiary alicyclic amines) is 1. The number of carbonyl (C=O) groups is 1. The highest BCUT2D eigenvalue weighted by molar-refractivity contribution is 5.89. The van der Waals surface area contributed by atoms with Crippen LogP contribution >= 0.6 is 12.4 Å². The monoisotopic (exact) mass is 346 g/mol. The Morgan fingerprint density at radius 1 is 1.30 bits per heavy atom. The van der Waals surface area contributed by atoms with E-state index in [1.165, 1.54) is 0 Å². The van der Waals surface area contributed by atoms with Gasteiger partial charge in [0.05, 0.1) is 6.10 Å². The van der Waals surface area contributed by atoms with Crippen molar-refractivity contribution in [2.24, 2.45) is 16.6 Å². The lowest BCUT2D eigenvalue weighted by Crippen LogP contribution is -2.76. The van der Waals surface area contributed by atoms with Crippen LogP contribution in [-0.2, 0) is 14.3 Å². The summed E-state index contributed by atoms with van der Waals surface area (Å²) in [6.07, 6.45) is 3.96. The number of carbonyl (C=O) groups excluding carboxylic acids is 1. The van der Waals surface area contributed by atoms with E-state index >= 15 is 0 Å². The summed E-state index contributed by atoms with van der Waals surface area (Å²) in [7, 11) is 0. The molecule has 1 spiro atoms. The minimum atomic E-state index is -0.774. The Hall–Kier alpha value is -0.360. The Balaban J connectivity index is 0.00000192. The topological polar surface area (TPSA) is 64.8 Å². The normalized spacial score (nSPS) is 34.8. The van der Waals surface area contributed by atoms with Crippen molar-refractivity contribution in [1.82, 2.24) is 4.90 Å². The highest BCUT2D eigenvalue weighted by Gasteiger charge is 2.64. The number of amides is 1. The molecule has 2 unspecified atom stereocenters. The molecule has 2 N–H and O–H groups in total. The van der Waals surface area contributed by atoms with E-state index < -0.39 is 5.54 Å². The maximum Gasteiger partial charge on any atom is 0.243 e. The molecule has 2 saturated heterocycles. The van der Waals surface area contributed by atoms with Crippen LogP contribution in [0.25, 0.3) is 0 Å². The summed E-state index contributed by atoms with van der Waals surface area (Å²) in [5, 5.41) is 0. The highest BCUT2D eigenvalue weighted by Crippen LogP contribution is 2.51. The molecule has 2 atom stereocenters. The molecule has 6 heteroatoms. The van der Waals surface area contributed by atoms with Gasteiger partial charge >= 0.3 is 0 Å². The molecule has 134 valence electrons. The zero-order valence-corrected chi connectivity index (χ0v) is 15.4. The summed E-state index contributed by atoms with van der Waals surface area (Å²) in [6, 6.07) is 0. The smallest absolute Gasteiger partial charge is 0.243 e. The second-order valence-corrected chi connectivity index (χ2v) is 7.93. The summed E-state index contributed by atoms with van der Waals surface area (Å²) in [5.74, 6) is 0.122.